The number of benzene rings is 4. The first-order chi connectivity index (χ1) is 23.7. The van der Waals surface area contributed by atoms with Gasteiger partial charge in [0, 0.05) is 24.9 Å². The second kappa shape index (κ2) is 19.2. The van der Waals surface area contributed by atoms with Crippen molar-refractivity contribution in [1.82, 2.24) is 21.3 Å². The molecule has 0 aliphatic carbocycles. The average Bonchev–Trinajstić information content (AvgIpc) is 3.11. The summed E-state index contributed by atoms with van der Waals surface area (Å²) < 4.78 is 10.7. The minimum absolute atomic E-state index is 0.0742. The van der Waals surface area contributed by atoms with Gasteiger partial charge in [-0.25, -0.2) is 9.59 Å². The second-order valence-electron chi connectivity index (χ2n) is 12.0. The van der Waals surface area contributed by atoms with Crippen molar-refractivity contribution in [1.29, 1.82) is 0 Å². The van der Waals surface area contributed by atoms with E-state index in [1.165, 1.54) is 0 Å². The van der Waals surface area contributed by atoms with Gasteiger partial charge in [0.25, 0.3) is 0 Å². The Bertz CT molecular complexity index is 1490. The second-order valence-corrected chi connectivity index (χ2v) is 12.0. The van der Waals surface area contributed by atoms with Crippen LogP contribution in [-0.2, 0) is 45.1 Å². The van der Waals surface area contributed by atoms with Crippen LogP contribution in [0, 0.1) is 0 Å². The molecule has 4 aromatic rings. The summed E-state index contributed by atoms with van der Waals surface area (Å²) in [5, 5.41) is 11.4. The monoisotopic (exact) mass is 664 g/mol. The molecule has 0 fully saturated rings. The smallest absolute Gasteiger partial charge is 0.408 e. The zero-order valence-corrected chi connectivity index (χ0v) is 27.8. The molecular weight excluding hydrogens is 620 g/mol. The van der Waals surface area contributed by atoms with E-state index in [0.717, 1.165) is 22.3 Å². The SMILES string of the molecule is CC(CC(C)NC(=O)[C@H](Cc1ccccc1)NC(=O)OCc1ccccc1)NC(=O)[C@H](Cc1ccccc1)NC(=O)OCc1ccccc1. The molecule has 4 N–H and O–H groups in total. The maximum atomic E-state index is 13.4. The van der Waals surface area contributed by atoms with Gasteiger partial charge in [0.15, 0.2) is 0 Å². The van der Waals surface area contributed by atoms with Gasteiger partial charge < -0.3 is 30.7 Å². The van der Waals surface area contributed by atoms with E-state index in [1.54, 1.807) is 0 Å². The highest BCUT2D eigenvalue weighted by Gasteiger charge is 2.26. The van der Waals surface area contributed by atoms with Crippen molar-refractivity contribution in [2.75, 3.05) is 0 Å². The first-order valence-corrected chi connectivity index (χ1v) is 16.4. The van der Waals surface area contributed by atoms with E-state index in [2.05, 4.69) is 21.3 Å². The molecule has 0 aliphatic heterocycles. The van der Waals surface area contributed by atoms with Gasteiger partial charge in [-0.15, -0.1) is 0 Å². The van der Waals surface area contributed by atoms with E-state index >= 15 is 0 Å². The van der Waals surface area contributed by atoms with Crippen LogP contribution >= 0.6 is 0 Å². The van der Waals surface area contributed by atoms with Gasteiger partial charge >= 0.3 is 12.2 Å². The molecule has 256 valence electrons. The molecule has 0 radical (unpaired) electrons. The summed E-state index contributed by atoms with van der Waals surface area (Å²) in [6.07, 6.45) is -0.483. The lowest BCUT2D eigenvalue weighted by atomic mass is 10.0. The predicted molar refractivity (Wildman–Crippen MR) is 187 cm³/mol. The van der Waals surface area contributed by atoms with Crippen molar-refractivity contribution in [2.24, 2.45) is 0 Å². The third-order valence-electron chi connectivity index (χ3n) is 7.69. The lowest BCUT2D eigenvalue weighted by Crippen LogP contribution is -2.53. The molecular formula is C39H44N4O6. The Labute approximate surface area is 287 Å². The summed E-state index contributed by atoms with van der Waals surface area (Å²) in [5.41, 5.74) is 3.41. The van der Waals surface area contributed by atoms with Crippen LogP contribution in [0.25, 0.3) is 0 Å². The predicted octanol–water partition coefficient (Wildman–Crippen LogP) is 5.46. The molecule has 4 aromatic carbocycles. The Morgan fingerprint density at radius 2 is 0.776 bits per heavy atom. The Kier molecular flexibility index (Phi) is 14.2. The first-order valence-electron chi connectivity index (χ1n) is 16.4. The molecule has 10 nitrogen and oxygen atoms in total. The highest BCUT2D eigenvalue weighted by Crippen LogP contribution is 2.09. The van der Waals surface area contributed by atoms with E-state index in [1.807, 2.05) is 135 Å². The van der Waals surface area contributed by atoms with Crippen LogP contribution < -0.4 is 21.3 Å². The molecule has 10 heteroatoms. The van der Waals surface area contributed by atoms with Gasteiger partial charge in [0.05, 0.1) is 0 Å². The van der Waals surface area contributed by atoms with E-state index in [4.69, 9.17) is 9.47 Å². The normalized spacial score (nSPS) is 13.1. The van der Waals surface area contributed by atoms with Crippen LogP contribution in [0.4, 0.5) is 9.59 Å². The largest absolute Gasteiger partial charge is 0.445 e. The van der Waals surface area contributed by atoms with E-state index < -0.39 is 24.3 Å². The number of rotatable bonds is 16. The number of amides is 4. The van der Waals surface area contributed by atoms with Gasteiger partial charge in [-0.2, -0.15) is 0 Å². The summed E-state index contributed by atoms with van der Waals surface area (Å²) >= 11 is 0. The molecule has 4 rings (SSSR count). The van der Waals surface area contributed by atoms with Crippen molar-refractivity contribution in [3.8, 4) is 0 Å². The summed E-state index contributed by atoms with van der Waals surface area (Å²) in [4.78, 5) is 52.3. The molecule has 0 aliphatic rings. The number of ether oxygens (including phenoxy) is 2. The van der Waals surface area contributed by atoms with E-state index in [-0.39, 0.29) is 50.0 Å². The molecule has 0 heterocycles. The number of hydrogen-bond acceptors (Lipinski definition) is 6. The number of carbonyl (C=O) groups is 4. The summed E-state index contributed by atoms with van der Waals surface area (Å²) in [5.74, 6) is -0.757. The van der Waals surface area contributed by atoms with Crippen LogP contribution in [0.3, 0.4) is 0 Å². The van der Waals surface area contributed by atoms with Gasteiger partial charge in [-0.3, -0.25) is 9.59 Å². The third kappa shape index (κ3) is 13.2. The fraction of sp³-hybridized carbons (Fsp3) is 0.282. The maximum absolute atomic E-state index is 13.4. The molecule has 49 heavy (non-hydrogen) atoms. The van der Waals surface area contributed by atoms with Crippen LogP contribution in [0.5, 0.6) is 0 Å². The minimum Gasteiger partial charge on any atom is -0.445 e. The molecule has 0 spiro atoms. The maximum Gasteiger partial charge on any atom is 0.408 e. The third-order valence-corrected chi connectivity index (χ3v) is 7.69. The standard InChI is InChI=1S/C39H44N4O6/c1-28(40-36(44)34(24-30-15-7-3-8-16-30)42-38(46)48-26-32-19-11-5-12-20-32)23-29(2)41-37(45)35(25-31-17-9-4-10-18-31)43-39(47)49-27-33-21-13-6-14-22-33/h3-22,28-29,34-35H,23-27H2,1-2H3,(H,40,44)(H,41,45)(H,42,46)(H,43,47)/t28?,29?,34-,35-/m0/s1. The van der Waals surface area contributed by atoms with Crippen LogP contribution in [0.15, 0.2) is 121 Å². The van der Waals surface area contributed by atoms with Crippen LogP contribution in [0.1, 0.15) is 42.5 Å². The Hall–Kier alpha value is -5.64. The lowest BCUT2D eigenvalue weighted by molar-refractivity contribution is -0.123. The lowest BCUT2D eigenvalue weighted by Gasteiger charge is -2.25. The molecule has 0 saturated carbocycles. The fourth-order valence-electron chi connectivity index (χ4n) is 5.27. The summed E-state index contributed by atoms with van der Waals surface area (Å²) in [6.45, 7) is 3.80. The van der Waals surface area contributed by atoms with E-state index in [9.17, 15) is 19.2 Å². The van der Waals surface area contributed by atoms with Crippen molar-refractivity contribution in [2.45, 2.75) is 70.5 Å². The summed E-state index contributed by atoms with van der Waals surface area (Å²) in [6, 6.07) is 34.8. The number of carbonyl (C=O) groups excluding carboxylic acids is 4. The van der Waals surface area contributed by atoms with Gasteiger partial charge in [-0.1, -0.05) is 121 Å². The number of alkyl carbamates (subject to hydrolysis) is 2. The fourth-order valence-corrected chi connectivity index (χ4v) is 5.27. The zero-order chi connectivity index (χ0) is 34.8. The van der Waals surface area contributed by atoms with Gasteiger partial charge in [0.2, 0.25) is 11.8 Å². The quantitative estimate of drug-likeness (QED) is 0.126. The molecule has 4 amide bonds. The molecule has 0 bridgehead atoms. The van der Waals surface area contributed by atoms with Crippen LogP contribution in [0.2, 0.25) is 0 Å². The minimum atomic E-state index is -0.889. The Morgan fingerprint density at radius 3 is 1.10 bits per heavy atom. The molecule has 0 aromatic heterocycles. The highest BCUT2D eigenvalue weighted by molar-refractivity contribution is 5.87. The van der Waals surface area contributed by atoms with Crippen LogP contribution in [-0.4, -0.2) is 48.2 Å². The number of hydrogen-bond donors (Lipinski definition) is 4. The Morgan fingerprint density at radius 1 is 0.469 bits per heavy atom. The Balaban J connectivity index is 1.32. The van der Waals surface area contributed by atoms with Crippen molar-refractivity contribution in [3.05, 3.63) is 144 Å². The molecule has 0 saturated heterocycles. The topological polar surface area (TPSA) is 135 Å². The van der Waals surface area contributed by atoms with Crippen molar-refractivity contribution in [3.63, 3.8) is 0 Å². The average molecular weight is 665 g/mol. The highest BCUT2D eigenvalue weighted by atomic mass is 16.6. The van der Waals surface area contributed by atoms with E-state index in [0.29, 0.717) is 6.42 Å². The molecule has 2 unspecified atom stereocenters. The van der Waals surface area contributed by atoms with Crippen molar-refractivity contribution < 1.29 is 28.7 Å². The zero-order valence-electron chi connectivity index (χ0n) is 27.8. The molecule has 4 atom stereocenters. The summed E-state index contributed by atoms with van der Waals surface area (Å²) in [7, 11) is 0. The number of nitrogens with one attached hydrogen (secondary N) is 4. The van der Waals surface area contributed by atoms with Crippen molar-refractivity contribution >= 4 is 24.0 Å². The first kappa shape index (κ1) is 36.2. The van der Waals surface area contributed by atoms with Gasteiger partial charge in [0.1, 0.15) is 25.3 Å². The van der Waals surface area contributed by atoms with Gasteiger partial charge in [-0.05, 0) is 42.5 Å².